The number of ether oxygens (including phenoxy) is 1. The number of rotatable bonds is 3. The quantitative estimate of drug-likeness (QED) is 0.908. The van der Waals surface area contributed by atoms with Crippen molar-refractivity contribution in [2.45, 2.75) is 24.2 Å². The minimum Gasteiger partial charge on any atom is -0.496 e. The molecule has 1 aliphatic rings. The van der Waals surface area contributed by atoms with Crippen molar-refractivity contribution >= 4 is 11.6 Å². The molecule has 17 heavy (non-hydrogen) atoms. The number of halogens is 3. The van der Waals surface area contributed by atoms with E-state index in [0.717, 1.165) is 5.56 Å². The third kappa shape index (κ3) is 2.11. The van der Waals surface area contributed by atoms with Crippen molar-refractivity contribution in [3.63, 3.8) is 0 Å². The Morgan fingerprint density at radius 2 is 2.06 bits per heavy atom. The van der Waals surface area contributed by atoms with E-state index in [1.807, 2.05) is 0 Å². The second-order valence-electron chi connectivity index (χ2n) is 4.54. The molecule has 2 rings (SSSR count). The van der Waals surface area contributed by atoms with Crippen molar-refractivity contribution in [1.82, 2.24) is 0 Å². The summed E-state index contributed by atoms with van der Waals surface area (Å²) in [6.45, 7) is 0.181. The minimum absolute atomic E-state index is 0.181. The maximum Gasteiger partial charge on any atom is 0.250 e. The molecule has 0 atom stereocenters. The van der Waals surface area contributed by atoms with Crippen LogP contribution in [0.2, 0.25) is 5.02 Å². The van der Waals surface area contributed by atoms with Crippen molar-refractivity contribution in [1.29, 1.82) is 0 Å². The first-order valence-corrected chi connectivity index (χ1v) is 5.72. The Morgan fingerprint density at radius 3 is 2.53 bits per heavy atom. The lowest BCUT2D eigenvalue weighted by Crippen LogP contribution is -2.53. The minimum atomic E-state index is -2.62. The third-order valence-electron chi connectivity index (χ3n) is 3.32. The van der Waals surface area contributed by atoms with Crippen LogP contribution in [0, 0.1) is 0 Å². The standard InChI is InChI=1S/C12H14ClF2NO/c1-17-10-4-8(13)2-3-9(10)11(7-16)5-12(14,15)6-11/h2-4H,5-7,16H2,1H3. The highest BCUT2D eigenvalue weighted by molar-refractivity contribution is 6.30. The van der Waals surface area contributed by atoms with E-state index in [9.17, 15) is 8.78 Å². The fraction of sp³-hybridized carbons (Fsp3) is 0.500. The van der Waals surface area contributed by atoms with Crippen molar-refractivity contribution in [2.24, 2.45) is 5.73 Å². The molecular weight excluding hydrogens is 248 g/mol. The molecule has 0 radical (unpaired) electrons. The Balaban J connectivity index is 2.39. The molecule has 1 aliphatic carbocycles. The van der Waals surface area contributed by atoms with Gasteiger partial charge in [-0.1, -0.05) is 17.7 Å². The summed E-state index contributed by atoms with van der Waals surface area (Å²) in [5.74, 6) is -2.09. The highest BCUT2D eigenvalue weighted by atomic mass is 35.5. The van der Waals surface area contributed by atoms with E-state index in [1.54, 1.807) is 18.2 Å². The van der Waals surface area contributed by atoms with Gasteiger partial charge in [0, 0.05) is 35.4 Å². The number of benzene rings is 1. The van der Waals surface area contributed by atoms with Crippen LogP contribution in [-0.4, -0.2) is 19.6 Å². The smallest absolute Gasteiger partial charge is 0.250 e. The number of hydrogen-bond acceptors (Lipinski definition) is 2. The van der Waals surface area contributed by atoms with Crippen LogP contribution < -0.4 is 10.5 Å². The van der Waals surface area contributed by atoms with E-state index >= 15 is 0 Å². The SMILES string of the molecule is COc1cc(Cl)ccc1C1(CN)CC(F)(F)C1. The fourth-order valence-electron chi connectivity index (χ4n) is 2.49. The Kier molecular flexibility index (Phi) is 3.04. The van der Waals surface area contributed by atoms with Gasteiger partial charge in [-0.05, 0) is 12.1 Å². The summed E-state index contributed by atoms with van der Waals surface area (Å²) in [6, 6.07) is 5.03. The molecule has 0 heterocycles. The zero-order valence-electron chi connectivity index (χ0n) is 9.47. The van der Waals surface area contributed by atoms with Gasteiger partial charge in [-0.15, -0.1) is 0 Å². The molecule has 0 saturated heterocycles. The summed E-state index contributed by atoms with van der Waals surface area (Å²) in [5.41, 5.74) is 5.70. The summed E-state index contributed by atoms with van der Waals surface area (Å²) in [6.07, 6.45) is -0.455. The molecule has 1 saturated carbocycles. The van der Waals surface area contributed by atoms with Crippen LogP contribution in [0.5, 0.6) is 5.75 Å². The van der Waals surface area contributed by atoms with Crippen molar-refractivity contribution < 1.29 is 13.5 Å². The van der Waals surface area contributed by atoms with Crippen LogP contribution in [0.25, 0.3) is 0 Å². The second kappa shape index (κ2) is 4.10. The lowest BCUT2D eigenvalue weighted by molar-refractivity contribution is -0.124. The van der Waals surface area contributed by atoms with Gasteiger partial charge in [-0.3, -0.25) is 0 Å². The van der Waals surface area contributed by atoms with Gasteiger partial charge in [0.1, 0.15) is 5.75 Å². The lowest BCUT2D eigenvalue weighted by Gasteiger charge is -2.47. The molecular formula is C12H14ClF2NO. The van der Waals surface area contributed by atoms with Gasteiger partial charge < -0.3 is 10.5 Å². The molecule has 1 fully saturated rings. The van der Waals surface area contributed by atoms with Gasteiger partial charge in [0.2, 0.25) is 5.92 Å². The number of methoxy groups -OCH3 is 1. The van der Waals surface area contributed by atoms with E-state index in [-0.39, 0.29) is 19.4 Å². The normalized spacial score (nSPS) is 20.8. The molecule has 0 amide bonds. The maximum absolute atomic E-state index is 13.1. The molecule has 0 aliphatic heterocycles. The van der Waals surface area contributed by atoms with Gasteiger partial charge in [-0.2, -0.15) is 0 Å². The van der Waals surface area contributed by atoms with Crippen LogP contribution in [0.1, 0.15) is 18.4 Å². The van der Waals surface area contributed by atoms with Crippen LogP contribution in [-0.2, 0) is 5.41 Å². The molecule has 0 spiro atoms. The first-order valence-electron chi connectivity index (χ1n) is 5.34. The van der Waals surface area contributed by atoms with Gasteiger partial charge in [-0.25, -0.2) is 8.78 Å². The first-order chi connectivity index (χ1) is 7.92. The zero-order valence-corrected chi connectivity index (χ0v) is 10.2. The summed E-state index contributed by atoms with van der Waals surface area (Å²) in [4.78, 5) is 0. The van der Waals surface area contributed by atoms with Crippen LogP contribution in [0.3, 0.4) is 0 Å². The average Bonchev–Trinajstić information content (AvgIpc) is 2.25. The predicted molar refractivity (Wildman–Crippen MR) is 62.9 cm³/mol. The largest absolute Gasteiger partial charge is 0.496 e. The van der Waals surface area contributed by atoms with Crippen molar-refractivity contribution in [2.75, 3.05) is 13.7 Å². The topological polar surface area (TPSA) is 35.2 Å². The van der Waals surface area contributed by atoms with Crippen molar-refractivity contribution in [3.05, 3.63) is 28.8 Å². The molecule has 1 aromatic carbocycles. The molecule has 5 heteroatoms. The summed E-state index contributed by atoms with van der Waals surface area (Å²) in [7, 11) is 1.50. The number of alkyl halides is 2. The van der Waals surface area contributed by atoms with Crippen LogP contribution >= 0.6 is 11.6 Å². The van der Waals surface area contributed by atoms with Gasteiger partial charge in [0.15, 0.2) is 0 Å². The van der Waals surface area contributed by atoms with E-state index in [0.29, 0.717) is 10.8 Å². The molecule has 0 bridgehead atoms. The van der Waals surface area contributed by atoms with E-state index < -0.39 is 11.3 Å². The average molecular weight is 262 g/mol. The summed E-state index contributed by atoms with van der Waals surface area (Å²) >= 11 is 5.85. The molecule has 94 valence electrons. The van der Waals surface area contributed by atoms with Crippen LogP contribution in [0.15, 0.2) is 18.2 Å². The number of hydrogen-bond donors (Lipinski definition) is 1. The molecule has 0 aromatic heterocycles. The Bertz CT molecular complexity index is 429. The Hall–Kier alpha value is -0.870. The first kappa shape index (κ1) is 12.6. The Labute approximate surface area is 104 Å². The number of nitrogens with two attached hydrogens (primary N) is 1. The monoisotopic (exact) mass is 261 g/mol. The highest BCUT2D eigenvalue weighted by Crippen LogP contribution is 2.54. The third-order valence-corrected chi connectivity index (χ3v) is 3.55. The maximum atomic E-state index is 13.1. The summed E-state index contributed by atoms with van der Waals surface area (Å²) in [5, 5.41) is 0.517. The fourth-order valence-corrected chi connectivity index (χ4v) is 2.65. The van der Waals surface area contributed by atoms with Crippen molar-refractivity contribution in [3.8, 4) is 5.75 Å². The van der Waals surface area contributed by atoms with Gasteiger partial charge in [0.05, 0.1) is 7.11 Å². The van der Waals surface area contributed by atoms with Gasteiger partial charge in [0.25, 0.3) is 0 Å². The van der Waals surface area contributed by atoms with Crippen LogP contribution in [0.4, 0.5) is 8.78 Å². The van der Waals surface area contributed by atoms with Gasteiger partial charge >= 0.3 is 0 Å². The van der Waals surface area contributed by atoms with E-state index in [4.69, 9.17) is 22.1 Å². The summed E-state index contributed by atoms with van der Waals surface area (Å²) < 4.78 is 31.4. The predicted octanol–water partition coefficient (Wildman–Crippen LogP) is 2.97. The lowest BCUT2D eigenvalue weighted by atomic mass is 9.62. The molecule has 0 unspecified atom stereocenters. The molecule has 1 aromatic rings. The molecule has 2 N–H and O–H groups in total. The van der Waals surface area contributed by atoms with E-state index in [2.05, 4.69) is 0 Å². The Morgan fingerprint density at radius 1 is 1.41 bits per heavy atom. The molecule has 2 nitrogen and oxygen atoms in total. The highest BCUT2D eigenvalue weighted by Gasteiger charge is 2.57. The zero-order chi connectivity index (χ0) is 12.7. The van der Waals surface area contributed by atoms with E-state index in [1.165, 1.54) is 7.11 Å². The second-order valence-corrected chi connectivity index (χ2v) is 4.97.